The Morgan fingerprint density at radius 2 is 2.18 bits per heavy atom. The van der Waals surface area contributed by atoms with Crippen LogP contribution < -0.4 is 5.32 Å². The molecule has 3 aliphatic heterocycles. The molecule has 0 saturated carbocycles. The molecule has 0 spiro atoms. The Morgan fingerprint density at radius 3 is 2.82 bits per heavy atom. The van der Waals surface area contributed by atoms with E-state index in [0.29, 0.717) is 11.2 Å². The van der Waals surface area contributed by atoms with E-state index in [1.165, 1.54) is 25.9 Å². The van der Waals surface area contributed by atoms with E-state index in [9.17, 15) is 0 Å². The van der Waals surface area contributed by atoms with Crippen LogP contribution in [0.15, 0.2) is 12.3 Å². The third-order valence-electron chi connectivity index (χ3n) is 3.97. The van der Waals surface area contributed by atoms with Crippen LogP contribution in [0.25, 0.3) is 0 Å². The van der Waals surface area contributed by atoms with Crippen LogP contribution in [0, 0.1) is 12.8 Å². The minimum atomic E-state index is 0.540. The van der Waals surface area contributed by atoms with Crippen molar-refractivity contribution in [2.24, 2.45) is 5.92 Å². The fraction of sp³-hybridized carbons (Fsp3) is 0.615. The van der Waals surface area contributed by atoms with Gasteiger partial charge in [0.2, 0.25) is 0 Å². The van der Waals surface area contributed by atoms with Crippen molar-refractivity contribution < 1.29 is 0 Å². The minimum absolute atomic E-state index is 0.540. The quantitative estimate of drug-likeness (QED) is 0.819. The van der Waals surface area contributed by atoms with Crippen LogP contribution in [0.5, 0.6) is 0 Å². The summed E-state index contributed by atoms with van der Waals surface area (Å²) in [5, 5.41) is 4.18. The number of anilines is 1. The second kappa shape index (κ2) is 4.46. The molecule has 4 heterocycles. The minimum Gasteiger partial charge on any atom is -0.378 e. The van der Waals surface area contributed by atoms with Crippen molar-refractivity contribution in [1.82, 2.24) is 9.88 Å². The second-order valence-electron chi connectivity index (χ2n) is 5.24. The third kappa shape index (κ3) is 2.26. The van der Waals surface area contributed by atoms with Gasteiger partial charge >= 0.3 is 0 Å². The highest BCUT2D eigenvalue weighted by Crippen LogP contribution is 2.31. The zero-order chi connectivity index (χ0) is 11.8. The normalized spacial score (nSPS) is 31.5. The molecule has 92 valence electrons. The van der Waals surface area contributed by atoms with Crippen LogP contribution in [-0.4, -0.2) is 35.6 Å². The summed E-state index contributed by atoms with van der Waals surface area (Å²) in [4.78, 5) is 6.73. The van der Waals surface area contributed by atoms with Crippen LogP contribution in [-0.2, 0) is 0 Å². The zero-order valence-corrected chi connectivity index (χ0v) is 10.9. The zero-order valence-electron chi connectivity index (χ0n) is 10.1. The lowest BCUT2D eigenvalue weighted by Gasteiger charge is -2.45. The molecule has 4 rings (SSSR count). The van der Waals surface area contributed by atoms with Crippen LogP contribution in [0.2, 0.25) is 5.15 Å². The summed E-state index contributed by atoms with van der Waals surface area (Å²) in [6, 6.07) is 2.63. The topological polar surface area (TPSA) is 28.2 Å². The molecule has 1 aromatic rings. The summed E-state index contributed by atoms with van der Waals surface area (Å²) in [6.45, 7) is 5.73. The highest BCUT2D eigenvalue weighted by molar-refractivity contribution is 6.31. The third-order valence-corrected chi connectivity index (χ3v) is 4.27. The standard InChI is InChI=1S/C13H18ClN3/c1-9-6-11(13(14)15-7-9)16-12-8-17-4-2-10(12)3-5-17/h6-7,10,12,16H,2-5,8H2,1H3. The van der Waals surface area contributed by atoms with Gasteiger partial charge in [0.1, 0.15) is 0 Å². The molecule has 4 heteroatoms. The average molecular weight is 252 g/mol. The van der Waals surface area contributed by atoms with E-state index in [4.69, 9.17) is 11.6 Å². The van der Waals surface area contributed by atoms with Crippen LogP contribution in [0.4, 0.5) is 5.69 Å². The van der Waals surface area contributed by atoms with Gasteiger partial charge in [-0.1, -0.05) is 11.6 Å². The number of aromatic nitrogens is 1. The summed E-state index contributed by atoms with van der Waals surface area (Å²) in [7, 11) is 0. The van der Waals surface area contributed by atoms with Gasteiger partial charge in [0, 0.05) is 18.8 Å². The number of nitrogens with zero attached hydrogens (tertiary/aromatic N) is 2. The largest absolute Gasteiger partial charge is 0.378 e. The highest BCUT2D eigenvalue weighted by Gasteiger charge is 2.34. The molecule has 17 heavy (non-hydrogen) atoms. The van der Waals surface area contributed by atoms with Crippen molar-refractivity contribution in [3.8, 4) is 0 Å². The van der Waals surface area contributed by atoms with E-state index in [-0.39, 0.29) is 0 Å². The van der Waals surface area contributed by atoms with E-state index in [0.717, 1.165) is 23.7 Å². The molecule has 1 unspecified atom stereocenters. The van der Waals surface area contributed by atoms with Gasteiger partial charge < -0.3 is 10.2 Å². The van der Waals surface area contributed by atoms with Crippen LogP contribution in [0.1, 0.15) is 18.4 Å². The molecular weight excluding hydrogens is 234 g/mol. The smallest absolute Gasteiger partial charge is 0.152 e. The summed E-state index contributed by atoms with van der Waals surface area (Å²) < 4.78 is 0. The van der Waals surface area contributed by atoms with Crippen LogP contribution in [0.3, 0.4) is 0 Å². The van der Waals surface area contributed by atoms with Crippen molar-refractivity contribution >= 4 is 17.3 Å². The molecule has 3 aliphatic rings. The van der Waals surface area contributed by atoms with Crippen molar-refractivity contribution in [3.63, 3.8) is 0 Å². The summed E-state index contributed by atoms with van der Waals surface area (Å²) in [5.41, 5.74) is 2.14. The number of fused-ring (bicyclic) bond motifs is 3. The average Bonchev–Trinajstić information content (AvgIpc) is 2.35. The molecule has 1 aromatic heterocycles. The molecule has 3 nitrogen and oxygen atoms in total. The first-order valence-electron chi connectivity index (χ1n) is 6.33. The van der Waals surface area contributed by atoms with Crippen molar-refractivity contribution in [2.45, 2.75) is 25.8 Å². The van der Waals surface area contributed by atoms with E-state index in [1.54, 1.807) is 0 Å². The molecule has 0 aromatic carbocycles. The maximum absolute atomic E-state index is 6.13. The Kier molecular flexibility index (Phi) is 2.97. The Hall–Kier alpha value is -0.800. The van der Waals surface area contributed by atoms with Gasteiger partial charge in [0.05, 0.1) is 5.69 Å². The number of piperidine rings is 3. The molecule has 1 N–H and O–H groups in total. The molecule has 3 fully saturated rings. The monoisotopic (exact) mass is 251 g/mol. The highest BCUT2D eigenvalue weighted by atomic mass is 35.5. The van der Waals surface area contributed by atoms with Gasteiger partial charge in [-0.05, 0) is 50.4 Å². The number of halogens is 1. The Bertz CT molecular complexity index is 413. The molecule has 3 saturated heterocycles. The lowest BCUT2D eigenvalue weighted by Crippen LogP contribution is -2.53. The predicted octanol–water partition coefficient (Wildman–Crippen LogP) is 2.55. The van der Waals surface area contributed by atoms with Gasteiger partial charge in [-0.25, -0.2) is 4.98 Å². The number of pyridine rings is 1. The van der Waals surface area contributed by atoms with Gasteiger partial charge in [-0.15, -0.1) is 0 Å². The molecule has 0 amide bonds. The number of nitrogens with one attached hydrogen (secondary N) is 1. The second-order valence-corrected chi connectivity index (χ2v) is 5.60. The molecule has 0 radical (unpaired) electrons. The van der Waals surface area contributed by atoms with Crippen molar-refractivity contribution in [3.05, 3.63) is 23.0 Å². The first-order valence-corrected chi connectivity index (χ1v) is 6.71. The SMILES string of the molecule is Cc1cnc(Cl)c(NC2CN3CCC2CC3)c1. The van der Waals surface area contributed by atoms with E-state index in [2.05, 4.69) is 21.3 Å². The number of hydrogen-bond acceptors (Lipinski definition) is 3. The maximum Gasteiger partial charge on any atom is 0.152 e. The predicted molar refractivity (Wildman–Crippen MR) is 70.6 cm³/mol. The van der Waals surface area contributed by atoms with Gasteiger partial charge in [-0.2, -0.15) is 0 Å². The van der Waals surface area contributed by atoms with E-state index < -0.39 is 0 Å². The maximum atomic E-state index is 6.13. The fourth-order valence-electron chi connectivity index (χ4n) is 2.98. The fourth-order valence-corrected chi connectivity index (χ4v) is 3.14. The Labute approximate surface area is 107 Å². The van der Waals surface area contributed by atoms with Crippen molar-refractivity contribution in [1.29, 1.82) is 0 Å². The van der Waals surface area contributed by atoms with E-state index in [1.807, 2.05) is 13.1 Å². The number of rotatable bonds is 2. The molecule has 2 bridgehead atoms. The summed E-state index contributed by atoms with van der Waals surface area (Å²) in [5.74, 6) is 0.802. The Balaban J connectivity index is 1.76. The first kappa shape index (κ1) is 11.3. The van der Waals surface area contributed by atoms with Gasteiger partial charge in [0.15, 0.2) is 5.15 Å². The van der Waals surface area contributed by atoms with Crippen LogP contribution >= 0.6 is 11.6 Å². The van der Waals surface area contributed by atoms with Gasteiger partial charge in [0.25, 0.3) is 0 Å². The Morgan fingerprint density at radius 1 is 1.41 bits per heavy atom. The lowest BCUT2D eigenvalue weighted by atomic mass is 9.84. The molecular formula is C13H18ClN3. The van der Waals surface area contributed by atoms with Crippen molar-refractivity contribution in [2.75, 3.05) is 25.0 Å². The lowest BCUT2D eigenvalue weighted by molar-refractivity contribution is 0.0975. The van der Waals surface area contributed by atoms with Gasteiger partial charge in [-0.3, -0.25) is 0 Å². The molecule has 0 aliphatic carbocycles. The number of hydrogen-bond donors (Lipinski definition) is 1. The summed E-state index contributed by atoms with van der Waals surface area (Å²) in [6.07, 6.45) is 4.44. The van der Waals surface area contributed by atoms with E-state index >= 15 is 0 Å². The summed E-state index contributed by atoms with van der Waals surface area (Å²) >= 11 is 6.13. The number of aryl methyl sites for hydroxylation is 1. The molecule has 1 atom stereocenters. The first-order chi connectivity index (χ1) is 8.22.